The molecule has 0 saturated heterocycles. The van der Waals surface area contributed by atoms with Gasteiger partial charge in [0.25, 0.3) is 0 Å². The Bertz CT molecular complexity index is 449. The van der Waals surface area contributed by atoms with Gasteiger partial charge in [0.05, 0.1) is 0 Å². The number of rotatable bonds is 6. The average Bonchev–Trinajstić information content (AvgIpc) is 2.25. The SMILES string of the molecule is O=P(O)(O)OOP(=O)(O)NSc1ccccc1. The van der Waals surface area contributed by atoms with Crippen LogP contribution >= 0.6 is 27.5 Å². The fraction of sp³-hybridized carbons (Fsp3) is 0. The highest BCUT2D eigenvalue weighted by molar-refractivity contribution is 8.01. The van der Waals surface area contributed by atoms with Crippen molar-refractivity contribution >= 4 is 27.5 Å². The van der Waals surface area contributed by atoms with E-state index in [4.69, 9.17) is 14.7 Å². The number of benzene rings is 1. The molecule has 0 amide bonds. The van der Waals surface area contributed by atoms with Gasteiger partial charge >= 0.3 is 15.6 Å². The highest BCUT2D eigenvalue weighted by atomic mass is 32.2. The summed E-state index contributed by atoms with van der Waals surface area (Å²) >= 11 is 0.757. The molecule has 1 aromatic rings. The molecule has 1 unspecified atom stereocenters. The quantitative estimate of drug-likeness (QED) is 0.267. The van der Waals surface area contributed by atoms with E-state index in [1.54, 1.807) is 30.3 Å². The Balaban J connectivity index is 2.45. The summed E-state index contributed by atoms with van der Waals surface area (Å²) < 4.78 is 30.6. The van der Waals surface area contributed by atoms with Crippen molar-refractivity contribution in [1.82, 2.24) is 4.49 Å². The Morgan fingerprint density at radius 3 is 2.18 bits per heavy atom. The van der Waals surface area contributed by atoms with Gasteiger partial charge in [0.1, 0.15) is 0 Å². The molecule has 0 spiro atoms. The molecule has 0 aliphatic rings. The summed E-state index contributed by atoms with van der Waals surface area (Å²) in [5.41, 5.74) is 0. The summed E-state index contributed by atoms with van der Waals surface area (Å²) in [6, 6.07) is 8.48. The van der Waals surface area contributed by atoms with Crippen LogP contribution in [0.25, 0.3) is 0 Å². The number of phosphoric acid groups is 1. The molecule has 1 rings (SSSR count). The highest BCUT2D eigenvalue weighted by Crippen LogP contribution is 2.47. The zero-order chi connectivity index (χ0) is 12.9. The second kappa shape index (κ2) is 6.10. The first kappa shape index (κ1) is 14.8. The molecule has 0 fully saturated rings. The van der Waals surface area contributed by atoms with E-state index < -0.39 is 15.6 Å². The zero-order valence-corrected chi connectivity index (χ0v) is 10.8. The summed E-state index contributed by atoms with van der Waals surface area (Å²) in [7, 11) is -9.42. The molecule has 8 nitrogen and oxygen atoms in total. The number of hydrogen-bond donors (Lipinski definition) is 4. The van der Waals surface area contributed by atoms with Gasteiger partial charge in [-0.25, -0.2) is 9.13 Å². The van der Waals surface area contributed by atoms with Crippen molar-refractivity contribution in [3.63, 3.8) is 0 Å². The minimum Gasteiger partial charge on any atom is -0.310 e. The molecular weight excluding hydrogens is 292 g/mol. The van der Waals surface area contributed by atoms with Crippen LogP contribution in [-0.2, 0) is 18.5 Å². The van der Waals surface area contributed by atoms with Crippen molar-refractivity contribution in [2.24, 2.45) is 0 Å². The lowest BCUT2D eigenvalue weighted by Crippen LogP contribution is -2.03. The lowest BCUT2D eigenvalue weighted by atomic mass is 10.4. The molecule has 0 bridgehead atoms. The van der Waals surface area contributed by atoms with Gasteiger partial charge in [-0.05, 0) is 24.1 Å². The molecule has 0 aliphatic heterocycles. The lowest BCUT2D eigenvalue weighted by molar-refractivity contribution is -0.131. The zero-order valence-electron chi connectivity index (χ0n) is 8.16. The fourth-order valence-corrected chi connectivity index (χ4v) is 2.71. The molecular formula is C6H9NO7P2S. The molecule has 17 heavy (non-hydrogen) atoms. The Kier molecular flexibility index (Phi) is 5.33. The maximum Gasteiger partial charge on any atom is 0.497 e. The maximum atomic E-state index is 11.2. The average molecular weight is 301 g/mol. The van der Waals surface area contributed by atoms with Crippen molar-refractivity contribution in [3.05, 3.63) is 30.3 Å². The van der Waals surface area contributed by atoms with Gasteiger partial charge < -0.3 is 14.7 Å². The Morgan fingerprint density at radius 1 is 1.06 bits per heavy atom. The van der Waals surface area contributed by atoms with Crippen LogP contribution in [0.2, 0.25) is 0 Å². The summed E-state index contributed by atoms with van der Waals surface area (Å²) in [6.45, 7) is 0. The van der Waals surface area contributed by atoms with Gasteiger partial charge in [-0.3, -0.25) is 0 Å². The monoisotopic (exact) mass is 301 g/mol. The van der Waals surface area contributed by atoms with Crippen LogP contribution in [0.1, 0.15) is 0 Å². The van der Waals surface area contributed by atoms with Crippen molar-refractivity contribution in [3.8, 4) is 0 Å². The van der Waals surface area contributed by atoms with Crippen molar-refractivity contribution in [2.45, 2.75) is 4.90 Å². The Hall–Kier alpha value is -0.210. The van der Waals surface area contributed by atoms with E-state index in [9.17, 15) is 9.13 Å². The predicted octanol–water partition coefficient (Wildman–Crippen LogP) is 1.42. The van der Waals surface area contributed by atoms with E-state index >= 15 is 0 Å². The van der Waals surface area contributed by atoms with Crippen LogP contribution in [0.5, 0.6) is 0 Å². The van der Waals surface area contributed by atoms with Crippen molar-refractivity contribution < 1.29 is 33.2 Å². The minimum absolute atomic E-state index is 0.613. The van der Waals surface area contributed by atoms with Gasteiger partial charge in [-0.1, -0.05) is 18.2 Å². The molecule has 96 valence electrons. The normalized spacial score (nSPS) is 15.5. The van der Waals surface area contributed by atoms with Crippen LogP contribution in [0.15, 0.2) is 35.2 Å². The second-order valence-corrected chi connectivity index (χ2v) is 6.39. The molecule has 0 saturated carbocycles. The van der Waals surface area contributed by atoms with E-state index in [-0.39, 0.29) is 0 Å². The van der Waals surface area contributed by atoms with Gasteiger partial charge in [0.15, 0.2) is 0 Å². The number of nitrogens with one attached hydrogen (secondary N) is 1. The standard InChI is InChI=1S/C6H9NO7P2S/c8-15(9,13-14-16(10,11)12)7-17-6-4-2-1-3-5-6/h1-5H,(H2,7,8,9)(H2,10,11,12). The van der Waals surface area contributed by atoms with Crippen molar-refractivity contribution in [2.75, 3.05) is 0 Å². The maximum absolute atomic E-state index is 11.2. The Labute approximate surface area is 101 Å². The molecule has 1 aromatic carbocycles. The third-order valence-corrected chi connectivity index (χ3v) is 3.71. The van der Waals surface area contributed by atoms with Crippen LogP contribution in [0.3, 0.4) is 0 Å². The lowest BCUT2D eigenvalue weighted by Gasteiger charge is -2.11. The van der Waals surface area contributed by atoms with E-state index in [2.05, 4.69) is 9.35 Å². The molecule has 11 heteroatoms. The predicted molar refractivity (Wildman–Crippen MR) is 59.5 cm³/mol. The summed E-state index contributed by atoms with van der Waals surface area (Å²) in [5.74, 6) is 0. The topological polar surface area (TPSA) is 125 Å². The first-order valence-electron chi connectivity index (χ1n) is 4.04. The summed E-state index contributed by atoms with van der Waals surface area (Å²) in [6.07, 6.45) is 0. The largest absolute Gasteiger partial charge is 0.497 e. The molecule has 0 aromatic heterocycles. The second-order valence-electron chi connectivity index (χ2n) is 2.67. The van der Waals surface area contributed by atoms with E-state index in [1.807, 2.05) is 4.49 Å². The minimum atomic E-state index is -4.96. The van der Waals surface area contributed by atoms with Crippen LogP contribution in [0.4, 0.5) is 0 Å². The summed E-state index contributed by atoms with van der Waals surface area (Å²) in [5, 5.41) is 0. The van der Waals surface area contributed by atoms with Gasteiger partial charge in [-0.15, -0.1) is 9.35 Å². The fourth-order valence-electron chi connectivity index (χ4n) is 0.703. The van der Waals surface area contributed by atoms with E-state index in [0.717, 1.165) is 11.9 Å². The first-order chi connectivity index (χ1) is 7.79. The van der Waals surface area contributed by atoms with E-state index in [0.29, 0.717) is 4.90 Å². The van der Waals surface area contributed by atoms with Crippen LogP contribution in [0, 0.1) is 0 Å². The molecule has 4 N–H and O–H groups in total. The molecule has 0 aliphatic carbocycles. The Morgan fingerprint density at radius 2 is 1.65 bits per heavy atom. The third-order valence-electron chi connectivity index (χ3n) is 1.25. The van der Waals surface area contributed by atoms with E-state index in [1.165, 1.54) is 0 Å². The molecule has 0 radical (unpaired) electrons. The number of hydrogen-bond acceptors (Lipinski definition) is 5. The van der Waals surface area contributed by atoms with Gasteiger partial charge in [0, 0.05) is 4.90 Å². The first-order valence-corrected chi connectivity index (χ1v) is 7.96. The molecule has 0 heterocycles. The molecule has 1 atom stereocenters. The van der Waals surface area contributed by atoms with Crippen LogP contribution in [-0.4, -0.2) is 14.7 Å². The van der Waals surface area contributed by atoms with Crippen molar-refractivity contribution in [1.29, 1.82) is 0 Å². The van der Waals surface area contributed by atoms with Gasteiger partial charge in [-0.2, -0.15) is 4.49 Å². The van der Waals surface area contributed by atoms with Gasteiger partial charge in [0.2, 0.25) is 0 Å². The smallest absolute Gasteiger partial charge is 0.310 e. The third kappa shape index (κ3) is 6.95. The summed E-state index contributed by atoms with van der Waals surface area (Å²) in [4.78, 5) is 26.2. The highest BCUT2D eigenvalue weighted by Gasteiger charge is 2.27. The van der Waals surface area contributed by atoms with Crippen LogP contribution < -0.4 is 4.49 Å².